The second-order valence-corrected chi connectivity index (χ2v) is 7.41. The van der Waals surface area contributed by atoms with E-state index in [1.165, 1.54) is 7.11 Å². The average molecular weight is 372 g/mol. The molecular formula is C21H28N2O4. The molecular weight excluding hydrogens is 344 g/mol. The highest BCUT2D eigenvalue weighted by Gasteiger charge is 2.51. The van der Waals surface area contributed by atoms with E-state index < -0.39 is 5.92 Å². The first kappa shape index (κ1) is 19.4. The highest BCUT2D eigenvalue weighted by molar-refractivity contribution is 5.89. The predicted molar refractivity (Wildman–Crippen MR) is 101 cm³/mol. The molecule has 27 heavy (non-hydrogen) atoms. The van der Waals surface area contributed by atoms with Gasteiger partial charge in [-0.2, -0.15) is 0 Å². The number of carbonyl (C=O) groups is 3. The van der Waals surface area contributed by atoms with Crippen LogP contribution in [-0.4, -0.2) is 53.8 Å². The molecule has 0 aliphatic carbocycles. The lowest BCUT2D eigenvalue weighted by Gasteiger charge is -2.41. The summed E-state index contributed by atoms with van der Waals surface area (Å²) in [4.78, 5) is 41.7. The Bertz CT molecular complexity index is 701. The van der Waals surface area contributed by atoms with E-state index in [9.17, 15) is 14.4 Å². The van der Waals surface area contributed by atoms with E-state index >= 15 is 0 Å². The minimum Gasteiger partial charge on any atom is -0.469 e. The molecule has 2 heterocycles. The number of amides is 2. The first-order chi connectivity index (χ1) is 13.0. The van der Waals surface area contributed by atoms with E-state index in [2.05, 4.69) is 0 Å². The number of ether oxygens (including phenoxy) is 1. The number of piperazine rings is 1. The van der Waals surface area contributed by atoms with Gasteiger partial charge >= 0.3 is 5.97 Å². The maximum absolute atomic E-state index is 13.0. The van der Waals surface area contributed by atoms with Crippen molar-refractivity contribution in [2.24, 2.45) is 11.8 Å². The van der Waals surface area contributed by atoms with Crippen molar-refractivity contribution in [3.05, 3.63) is 35.9 Å². The van der Waals surface area contributed by atoms with E-state index in [0.717, 1.165) is 18.4 Å². The molecule has 6 heteroatoms. The minimum absolute atomic E-state index is 0.0470. The Hall–Kier alpha value is -2.37. The number of esters is 1. The van der Waals surface area contributed by atoms with Gasteiger partial charge in [0.05, 0.1) is 31.7 Å². The summed E-state index contributed by atoms with van der Waals surface area (Å²) in [6, 6.07) is 9.14. The number of benzene rings is 1. The van der Waals surface area contributed by atoms with E-state index in [-0.39, 0.29) is 42.3 Å². The van der Waals surface area contributed by atoms with E-state index in [4.69, 9.17) is 4.74 Å². The van der Waals surface area contributed by atoms with Crippen LogP contribution < -0.4 is 0 Å². The fourth-order valence-electron chi connectivity index (χ4n) is 4.53. The first-order valence-electron chi connectivity index (χ1n) is 9.74. The average Bonchev–Trinajstić information content (AvgIpc) is 3.09. The molecule has 1 aromatic rings. The number of nitrogens with zero attached hydrogens (tertiary/aromatic N) is 2. The Kier molecular flexibility index (Phi) is 5.82. The fourth-order valence-corrected chi connectivity index (χ4v) is 4.53. The molecule has 0 unspecified atom stereocenters. The number of hydrogen-bond donors (Lipinski definition) is 0. The molecule has 2 aliphatic heterocycles. The molecule has 146 valence electrons. The summed E-state index contributed by atoms with van der Waals surface area (Å²) < 4.78 is 5.02. The molecule has 0 N–H and O–H groups in total. The molecule has 2 saturated heterocycles. The fraction of sp³-hybridized carbons (Fsp3) is 0.571. The molecule has 0 spiro atoms. The molecule has 0 aromatic heterocycles. The van der Waals surface area contributed by atoms with Crippen molar-refractivity contribution < 1.29 is 19.1 Å². The summed E-state index contributed by atoms with van der Waals surface area (Å²) in [5.41, 5.74) is 0.934. The Morgan fingerprint density at radius 2 is 1.85 bits per heavy atom. The van der Waals surface area contributed by atoms with Gasteiger partial charge in [-0.15, -0.1) is 0 Å². The second-order valence-electron chi connectivity index (χ2n) is 7.41. The number of carbonyl (C=O) groups excluding carboxylic acids is 3. The van der Waals surface area contributed by atoms with Crippen LogP contribution in [0.5, 0.6) is 0 Å². The lowest BCUT2D eigenvalue weighted by molar-refractivity contribution is -0.152. The van der Waals surface area contributed by atoms with Gasteiger partial charge in [0.15, 0.2) is 0 Å². The summed E-state index contributed by atoms with van der Waals surface area (Å²) >= 11 is 0. The smallest absolute Gasteiger partial charge is 0.311 e. The van der Waals surface area contributed by atoms with Crippen molar-refractivity contribution >= 4 is 17.8 Å². The monoisotopic (exact) mass is 372 g/mol. The lowest BCUT2D eigenvalue weighted by Crippen LogP contribution is -2.56. The molecule has 2 fully saturated rings. The van der Waals surface area contributed by atoms with Gasteiger partial charge in [0, 0.05) is 12.5 Å². The summed E-state index contributed by atoms with van der Waals surface area (Å²) in [7, 11) is 1.38. The first-order valence-corrected chi connectivity index (χ1v) is 9.74. The zero-order valence-electron chi connectivity index (χ0n) is 16.3. The number of rotatable bonds is 5. The van der Waals surface area contributed by atoms with Gasteiger partial charge in [-0.3, -0.25) is 14.4 Å². The van der Waals surface area contributed by atoms with Gasteiger partial charge in [-0.25, -0.2) is 0 Å². The van der Waals surface area contributed by atoms with Gasteiger partial charge in [-0.05, 0) is 24.8 Å². The highest BCUT2D eigenvalue weighted by Crippen LogP contribution is 2.43. The molecule has 3 rings (SSSR count). The van der Waals surface area contributed by atoms with Gasteiger partial charge < -0.3 is 14.5 Å². The van der Waals surface area contributed by atoms with Crippen molar-refractivity contribution in [3.8, 4) is 0 Å². The van der Waals surface area contributed by atoms with Gasteiger partial charge in [0.2, 0.25) is 11.8 Å². The standard InChI is InChI=1S/C21H28N2O4/c1-4-14(5-2)20(25)22-12-16-11-17(21(26)27-3)19(23(16)18(24)13-22)15-9-7-6-8-10-15/h6-10,14,16-17,19H,4-5,11-13H2,1-3H3/t16-,17-,19-/m0/s1. The zero-order valence-corrected chi connectivity index (χ0v) is 16.3. The topological polar surface area (TPSA) is 66.9 Å². The number of hydrogen-bond acceptors (Lipinski definition) is 4. The van der Waals surface area contributed by atoms with Crippen LogP contribution in [-0.2, 0) is 19.1 Å². The lowest BCUT2D eigenvalue weighted by atomic mass is 9.93. The largest absolute Gasteiger partial charge is 0.469 e. The van der Waals surface area contributed by atoms with Crippen LogP contribution in [0.25, 0.3) is 0 Å². The quantitative estimate of drug-likeness (QED) is 0.745. The van der Waals surface area contributed by atoms with Crippen molar-refractivity contribution in [1.82, 2.24) is 9.80 Å². The van der Waals surface area contributed by atoms with Crippen LogP contribution >= 0.6 is 0 Å². The minimum atomic E-state index is -0.408. The SMILES string of the molecule is CCC(CC)C(=O)N1CC(=O)N2[C@@H](C[C@H](C(=O)OC)[C@@H]2c2ccccc2)C1. The molecule has 0 saturated carbocycles. The second kappa shape index (κ2) is 8.11. The van der Waals surface area contributed by atoms with Crippen molar-refractivity contribution in [2.45, 2.75) is 45.2 Å². The zero-order chi connectivity index (χ0) is 19.6. The Morgan fingerprint density at radius 3 is 2.44 bits per heavy atom. The van der Waals surface area contributed by atoms with Crippen LogP contribution in [0.3, 0.4) is 0 Å². The van der Waals surface area contributed by atoms with Gasteiger partial charge in [0.1, 0.15) is 0 Å². The number of fused-ring (bicyclic) bond motifs is 1. The third-order valence-electron chi connectivity index (χ3n) is 5.94. The maximum atomic E-state index is 13.0. The predicted octanol–water partition coefficient (Wildman–Crippen LogP) is 2.40. The van der Waals surface area contributed by atoms with Crippen molar-refractivity contribution in [2.75, 3.05) is 20.2 Å². The maximum Gasteiger partial charge on any atom is 0.311 e. The summed E-state index contributed by atoms with van der Waals surface area (Å²) in [6.07, 6.45) is 2.06. The van der Waals surface area contributed by atoms with Crippen LogP contribution in [0.15, 0.2) is 30.3 Å². The van der Waals surface area contributed by atoms with Gasteiger partial charge in [-0.1, -0.05) is 44.2 Å². The van der Waals surface area contributed by atoms with E-state index in [1.807, 2.05) is 49.1 Å². The highest BCUT2D eigenvalue weighted by atomic mass is 16.5. The third-order valence-corrected chi connectivity index (χ3v) is 5.94. The van der Waals surface area contributed by atoms with E-state index in [1.54, 1.807) is 4.90 Å². The summed E-state index contributed by atoms with van der Waals surface area (Å²) in [5.74, 6) is -0.804. The molecule has 2 aliphatic rings. The molecule has 0 radical (unpaired) electrons. The van der Waals surface area contributed by atoms with Crippen molar-refractivity contribution in [1.29, 1.82) is 0 Å². The summed E-state index contributed by atoms with van der Waals surface area (Å²) in [6.45, 7) is 4.57. The van der Waals surface area contributed by atoms with Crippen LogP contribution in [0, 0.1) is 11.8 Å². The van der Waals surface area contributed by atoms with Crippen LogP contribution in [0.1, 0.15) is 44.7 Å². The Labute approximate surface area is 160 Å². The molecule has 6 nitrogen and oxygen atoms in total. The molecule has 0 bridgehead atoms. The van der Waals surface area contributed by atoms with E-state index in [0.29, 0.717) is 13.0 Å². The summed E-state index contributed by atoms with van der Waals surface area (Å²) in [5, 5.41) is 0. The van der Waals surface area contributed by atoms with Crippen LogP contribution in [0.4, 0.5) is 0 Å². The van der Waals surface area contributed by atoms with Crippen LogP contribution in [0.2, 0.25) is 0 Å². The number of methoxy groups -OCH3 is 1. The third kappa shape index (κ3) is 3.57. The molecule has 1 aromatic carbocycles. The molecule has 3 atom stereocenters. The normalized spacial score (nSPS) is 24.9. The Morgan fingerprint density at radius 1 is 1.19 bits per heavy atom. The Balaban J connectivity index is 1.88. The van der Waals surface area contributed by atoms with Gasteiger partial charge in [0.25, 0.3) is 0 Å². The van der Waals surface area contributed by atoms with Crippen molar-refractivity contribution in [3.63, 3.8) is 0 Å². The molecule has 2 amide bonds.